The van der Waals surface area contributed by atoms with Crippen LogP contribution in [0.15, 0.2) is 30.6 Å². The number of amides is 1. The van der Waals surface area contributed by atoms with Crippen LogP contribution in [-0.2, 0) is 11.3 Å². The largest absolute Gasteiger partial charge is 0.482 e. The van der Waals surface area contributed by atoms with E-state index < -0.39 is 0 Å². The Morgan fingerprint density at radius 3 is 3.14 bits per heavy atom. The first kappa shape index (κ1) is 13.2. The Hall–Kier alpha value is -2.76. The molecule has 0 spiro atoms. The van der Waals surface area contributed by atoms with Crippen LogP contribution >= 0.6 is 0 Å². The Labute approximate surface area is 122 Å². The summed E-state index contributed by atoms with van der Waals surface area (Å²) in [4.78, 5) is 15.4. The van der Waals surface area contributed by atoms with Gasteiger partial charge in [0, 0.05) is 25.0 Å². The summed E-state index contributed by atoms with van der Waals surface area (Å²) in [5.41, 5.74) is 10.2. The number of carbonyl (C=O) groups excluding carboxylic acids is 1. The minimum atomic E-state index is -0.164. The maximum Gasteiger partial charge on any atom is 0.262 e. The number of aryl methyl sites for hydroxylation is 1. The van der Waals surface area contributed by atoms with Crippen LogP contribution in [0.4, 0.5) is 17.1 Å². The van der Waals surface area contributed by atoms with Crippen molar-refractivity contribution in [3.8, 4) is 5.75 Å². The summed E-state index contributed by atoms with van der Waals surface area (Å²) in [6, 6.07) is 5.47. The molecule has 4 N–H and O–H groups in total. The molecule has 0 unspecified atom stereocenters. The van der Waals surface area contributed by atoms with Gasteiger partial charge in [-0.25, -0.2) is 0 Å². The van der Waals surface area contributed by atoms with Crippen LogP contribution in [0.3, 0.4) is 0 Å². The van der Waals surface area contributed by atoms with Gasteiger partial charge in [0.05, 0.1) is 17.1 Å². The normalized spacial score (nSPS) is 13.1. The number of rotatable bonds is 3. The van der Waals surface area contributed by atoms with Crippen LogP contribution in [0, 0.1) is 6.92 Å². The van der Waals surface area contributed by atoms with Crippen molar-refractivity contribution >= 4 is 23.0 Å². The van der Waals surface area contributed by atoms with Gasteiger partial charge in [-0.15, -0.1) is 0 Å². The molecule has 2 heterocycles. The third-order valence-electron chi connectivity index (χ3n) is 3.39. The van der Waals surface area contributed by atoms with Crippen LogP contribution in [-0.4, -0.2) is 17.5 Å². The van der Waals surface area contributed by atoms with Crippen molar-refractivity contribution in [3.63, 3.8) is 0 Å². The zero-order valence-corrected chi connectivity index (χ0v) is 11.6. The Morgan fingerprint density at radius 2 is 2.33 bits per heavy atom. The van der Waals surface area contributed by atoms with Gasteiger partial charge in [0.25, 0.3) is 5.91 Å². The third kappa shape index (κ3) is 2.74. The summed E-state index contributed by atoms with van der Waals surface area (Å²) < 4.78 is 5.33. The summed E-state index contributed by atoms with van der Waals surface area (Å²) >= 11 is 0. The highest BCUT2D eigenvalue weighted by atomic mass is 16.5. The first-order valence-electron chi connectivity index (χ1n) is 6.63. The number of hydrogen-bond acceptors (Lipinski definition) is 5. The van der Waals surface area contributed by atoms with E-state index in [1.165, 1.54) is 0 Å². The molecule has 1 aromatic heterocycles. The van der Waals surface area contributed by atoms with E-state index in [1.807, 2.05) is 19.2 Å². The zero-order chi connectivity index (χ0) is 14.8. The van der Waals surface area contributed by atoms with Gasteiger partial charge in [-0.3, -0.25) is 9.78 Å². The van der Waals surface area contributed by atoms with Crippen molar-refractivity contribution in [1.29, 1.82) is 0 Å². The van der Waals surface area contributed by atoms with Gasteiger partial charge in [0.1, 0.15) is 5.75 Å². The Kier molecular flexibility index (Phi) is 3.35. The second-order valence-corrected chi connectivity index (χ2v) is 4.93. The molecule has 0 fully saturated rings. The van der Waals surface area contributed by atoms with Crippen LogP contribution in [0.5, 0.6) is 5.75 Å². The molecule has 3 rings (SSSR count). The number of aromatic nitrogens is 1. The van der Waals surface area contributed by atoms with Gasteiger partial charge in [-0.1, -0.05) is 0 Å². The summed E-state index contributed by atoms with van der Waals surface area (Å²) in [7, 11) is 0. The summed E-state index contributed by atoms with van der Waals surface area (Å²) in [6.45, 7) is 2.66. The maximum absolute atomic E-state index is 11.4. The predicted molar refractivity (Wildman–Crippen MR) is 81.3 cm³/mol. The van der Waals surface area contributed by atoms with Crippen molar-refractivity contribution in [2.75, 3.05) is 23.0 Å². The average molecular weight is 284 g/mol. The van der Waals surface area contributed by atoms with Crippen molar-refractivity contribution in [3.05, 3.63) is 41.7 Å². The lowest BCUT2D eigenvalue weighted by Crippen LogP contribution is -2.25. The van der Waals surface area contributed by atoms with Crippen LogP contribution < -0.4 is 21.1 Å². The summed E-state index contributed by atoms with van der Waals surface area (Å²) in [5.74, 6) is 0.431. The first-order chi connectivity index (χ1) is 10.1. The van der Waals surface area contributed by atoms with Crippen molar-refractivity contribution in [1.82, 2.24) is 4.98 Å². The molecule has 1 aliphatic heterocycles. The van der Waals surface area contributed by atoms with Crippen LogP contribution in [0.1, 0.15) is 11.1 Å². The number of nitrogens with zero attached hydrogens (tertiary/aromatic N) is 1. The second kappa shape index (κ2) is 5.32. The lowest BCUT2D eigenvalue weighted by Gasteiger charge is -2.20. The van der Waals surface area contributed by atoms with Crippen LogP contribution in [0.25, 0.3) is 0 Å². The number of anilines is 3. The maximum atomic E-state index is 11.4. The average Bonchev–Trinajstić information content (AvgIpc) is 2.47. The fraction of sp³-hybridized carbons (Fsp3) is 0.200. The van der Waals surface area contributed by atoms with E-state index in [-0.39, 0.29) is 12.5 Å². The molecule has 2 aromatic rings. The molecule has 1 amide bonds. The lowest BCUT2D eigenvalue weighted by atomic mass is 10.1. The van der Waals surface area contributed by atoms with E-state index in [9.17, 15) is 4.79 Å². The topological polar surface area (TPSA) is 89.3 Å². The van der Waals surface area contributed by atoms with E-state index in [0.717, 1.165) is 16.8 Å². The van der Waals surface area contributed by atoms with Gasteiger partial charge in [-0.05, 0) is 30.2 Å². The highest BCUT2D eigenvalue weighted by molar-refractivity contribution is 5.97. The van der Waals surface area contributed by atoms with Gasteiger partial charge < -0.3 is 21.1 Å². The molecule has 0 saturated carbocycles. The molecule has 6 heteroatoms. The van der Waals surface area contributed by atoms with E-state index in [1.54, 1.807) is 18.3 Å². The quantitative estimate of drug-likeness (QED) is 0.749. The van der Waals surface area contributed by atoms with E-state index in [0.29, 0.717) is 23.7 Å². The van der Waals surface area contributed by atoms with Gasteiger partial charge in [-0.2, -0.15) is 0 Å². The molecule has 1 aromatic carbocycles. The minimum Gasteiger partial charge on any atom is -0.482 e. The van der Waals surface area contributed by atoms with Crippen molar-refractivity contribution in [2.45, 2.75) is 13.5 Å². The molecule has 0 atom stereocenters. The molecule has 0 bridgehead atoms. The number of benzene rings is 1. The molecule has 108 valence electrons. The fourth-order valence-corrected chi connectivity index (χ4v) is 2.19. The number of hydrogen-bond donors (Lipinski definition) is 3. The van der Waals surface area contributed by atoms with E-state index >= 15 is 0 Å². The van der Waals surface area contributed by atoms with Gasteiger partial charge in [0.2, 0.25) is 0 Å². The smallest absolute Gasteiger partial charge is 0.262 e. The number of nitrogen functional groups attached to an aromatic ring is 1. The number of nitrogens with two attached hydrogens (primary N) is 1. The number of nitrogens with one attached hydrogen (secondary N) is 2. The third-order valence-corrected chi connectivity index (χ3v) is 3.39. The highest BCUT2D eigenvalue weighted by Gasteiger charge is 2.17. The Morgan fingerprint density at radius 1 is 1.48 bits per heavy atom. The van der Waals surface area contributed by atoms with E-state index in [4.69, 9.17) is 10.5 Å². The fourth-order valence-electron chi connectivity index (χ4n) is 2.19. The van der Waals surface area contributed by atoms with E-state index in [2.05, 4.69) is 15.6 Å². The Bertz CT molecular complexity index is 700. The number of pyridine rings is 1. The van der Waals surface area contributed by atoms with Crippen LogP contribution in [0.2, 0.25) is 0 Å². The highest BCUT2D eigenvalue weighted by Crippen LogP contribution is 2.35. The SMILES string of the molecule is Cc1cnccc1CNc1cc2c(cc1N)OCC(=O)N2. The minimum absolute atomic E-state index is 0.0232. The van der Waals surface area contributed by atoms with Crippen molar-refractivity contribution in [2.24, 2.45) is 0 Å². The molecule has 6 nitrogen and oxygen atoms in total. The standard InChI is InChI=1S/C15H16N4O2/c1-9-6-17-3-2-10(9)7-18-12-5-13-14(4-11(12)16)21-8-15(20)19-13/h2-6,18H,7-8,16H2,1H3,(H,19,20). The molecule has 0 radical (unpaired) electrons. The predicted octanol–water partition coefficient (Wildman–Crippen LogP) is 1.92. The molecule has 1 aliphatic rings. The Balaban J connectivity index is 1.81. The molecule has 0 aliphatic carbocycles. The number of carbonyl (C=O) groups is 1. The number of fused-ring (bicyclic) bond motifs is 1. The summed E-state index contributed by atoms with van der Waals surface area (Å²) in [5, 5.41) is 6.04. The van der Waals surface area contributed by atoms with Gasteiger partial charge >= 0.3 is 0 Å². The summed E-state index contributed by atoms with van der Waals surface area (Å²) in [6.07, 6.45) is 3.58. The molecule has 0 saturated heterocycles. The molecular formula is C15H16N4O2. The lowest BCUT2D eigenvalue weighted by molar-refractivity contribution is -0.118. The zero-order valence-electron chi connectivity index (χ0n) is 11.6. The first-order valence-corrected chi connectivity index (χ1v) is 6.63. The second-order valence-electron chi connectivity index (χ2n) is 4.93. The number of ether oxygens (including phenoxy) is 1. The monoisotopic (exact) mass is 284 g/mol. The molecule has 21 heavy (non-hydrogen) atoms. The molecular weight excluding hydrogens is 268 g/mol. The van der Waals surface area contributed by atoms with Crippen molar-refractivity contribution < 1.29 is 9.53 Å². The van der Waals surface area contributed by atoms with Gasteiger partial charge in [0.15, 0.2) is 6.61 Å².